The van der Waals surface area contributed by atoms with Crippen LogP contribution in [-0.2, 0) is 4.79 Å². The van der Waals surface area contributed by atoms with Crippen LogP contribution < -0.4 is 5.32 Å². The number of carboxylic acids is 1. The Kier molecular flexibility index (Phi) is 4.72. The first-order chi connectivity index (χ1) is 11.5. The number of nitrogens with one attached hydrogen (secondary N) is 1. The van der Waals surface area contributed by atoms with E-state index in [1.54, 1.807) is 6.92 Å². The highest BCUT2D eigenvalue weighted by molar-refractivity contribution is 7.99. The van der Waals surface area contributed by atoms with Crippen molar-refractivity contribution in [2.75, 3.05) is 18.4 Å². The molecule has 1 aliphatic heterocycles. The van der Waals surface area contributed by atoms with Gasteiger partial charge in [0.25, 0.3) is 0 Å². The van der Waals surface area contributed by atoms with Crippen molar-refractivity contribution in [1.82, 2.24) is 14.3 Å². The van der Waals surface area contributed by atoms with E-state index in [9.17, 15) is 14.7 Å². The first-order valence-corrected chi connectivity index (χ1v) is 8.91. The second kappa shape index (κ2) is 6.78. The Morgan fingerprint density at radius 2 is 2.12 bits per heavy atom. The number of aromatic nitrogens is 2. The molecule has 2 amide bonds. The molecule has 1 fully saturated rings. The molecule has 9 heteroatoms. The summed E-state index contributed by atoms with van der Waals surface area (Å²) in [6.45, 7) is 2.26. The van der Waals surface area contributed by atoms with Crippen molar-refractivity contribution in [1.29, 1.82) is 0 Å². The molecule has 3 rings (SSSR count). The molecule has 1 atom stereocenters. The summed E-state index contributed by atoms with van der Waals surface area (Å²) in [7, 11) is 0. The van der Waals surface area contributed by atoms with Crippen LogP contribution in [0.15, 0.2) is 40.4 Å². The number of anilines is 1. The van der Waals surface area contributed by atoms with E-state index < -0.39 is 11.4 Å². The van der Waals surface area contributed by atoms with E-state index in [0.717, 1.165) is 16.4 Å². The fourth-order valence-corrected chi connectivity index (χ4v) is 3.80. The van der Waals surface area contributed by atoms with Gasteiger partial charge in [-0.1, -0.05) is 18.2 Å². The van der Waals surface area contributed by atoms with Gasteiger partial charge < -0.3 is 10.0 Å². The van der Waals surface area contributed by atoms with Gasteiger partial charge in [-0.15, -0.1) is 0 Å². The van der Waals surface area contributed by atoms with E-state index >= 15 is 0 Å². The molecule has 24 heavy (non-hydrogen) atoms. The van der Waals surface area contributed by atoms with Gasteiger partial charge in [0.15, 0.2) is 0 Å². The lowest BCUT2D eigenvalue weighted by atomic mass is 9.90. The predicted molar refractivity (Wildman–Crippen MR) is 91.4 cm³/mol. The summed E-state index contributed by atoms with van der Waals surface area (Å²) in [6, 6.07) is 9.38. The van der Waals surface area contributed by atoms with Gasteiger partial charge in [-0.2, -0.15) is 9.36 Å². The van der Waals surface area contributed by atoms with Crippen LogP contribution in [0.5, 0.6) is 0 Å². The number of rotatable bonds is 4. The van der Waals surface area contributed by atoms with E-state index in [1.165, 1.54) is 16.7 Å². The number of nitrogens with zero attached hydrogens (tertiary/aromatic N) is 3. The third kappa shape index (κ3) is 3.68. The third-order valence-electron chi connectivity index (χ3n) is 3.85. The molecule has 1 saturated heterocycles. The Balaban J connectivity index is 1.59. The zero-order valence-corrected chi connectivity index (χ0v) is 14.6. The van der Waals surface area contributed by atoms with Crippen LogP contribution in [0.25, 0.3) is 0 Å². The monoisotopic (exact) mass is 364 g/mol. The molecule has 0 aliphatic carbocycles. The van der Waals surface area contributed by atoms with Crippen molar-refractivity contribution in [2.45, 2.75) is 23.4 Å². The van der Waals surface area contributed by atoms with Gasteiger partial charge in [0.05, 0.1) is 5.41 Å². The van der Waals surface area contributed by atoms with Gasteiger partial charge in [-0.25, -0.2) is 4.79 Å². The lowest BCUT2D eigenvalue weighted by Gasteiger charge is -2.19. The zero-order chi connectivity index (χ0) is 17.2. The summed E-state index contributed by atoms with van der Waals surface area (Å²) in [5.74, 6) is -0.879. The number of aliphatic carboxylic acids is 1. The summed E-state index contributed by atoms with van der Waals surface area (Å²) in [5.41, 5.74) is -0.882. The second-order valence-corrected chi connectivity index (χ2v) is 7.56. The van der Waals surface area contributed by atoms with Crippen molar-refractivity contribution in [3.05, 3.63) is 30.3 Å². The van der Waals surface area contributed by atoms with Gasteiger partial charge in [0, 0.05) is 29.5 Å². The van der Waals surface area contributed by atoms with Gasteiger partial charge >= 0.3 is 12.0 Å². The van der Waals surface area contributed by atoms with E-state index in [0.29, 0.717) is 23.3 Å². The van der Waals surface area contributed by atoms with E-state index in [1.807, 2.05) is 30.3 Å². The summed E-state index contributed by atoms with van der Waals surface area (Å²) in [6.07, 6.45) is 0.445. The average molecular weight is 364 g/mol. The first kappa shape index (κ1) is 16.7. The minimum Gasteiger partial charge on any atom is -0.481 e. The molecule has 1 aliphatic rings. The predicted octanol–water partition coefficient (Wildman–Crippen LogP) is 3.02. The summed E-state index contributed by atoms with van der Waals surface area (Å²) >= 11 is 2.52. The molecule has 1 aromatic carbocycles. The van der Waals surface area contributed by atoms with Crippen molar-refractivity contribution < 1.29 is 14.7 Å². The number of carboxylic acid groups (broad SMARTS) is 1. The van der Waals surface area contributed by atoms with Gasteiger partial charge in [0.2, 0.25) is 10.3 Å². The quantitative estimate of drug-likeness (QED) is 0.866. The van der Waals surface area contributed by atoms with Crippen molar-refractivity contribution in [3.63, 3.8) is 0 Å². The number of urea groups is 1. The maximum Gasteiger partial charge on any atom is 0.323 e. The molecule has 2 N–H and O–H groups in total. The number of likely N-dealkylation sites (tertiary alicyclic amines) is 1. The van der Waals surface area contributed by atoms with Crippen molar-refractivity contribution in [3.8, 4) is 0 Å². The summed E-state index contributed by atoms with van der Waals surface area (Å²) < 4.78 is 4.21. The Hall–Kier alpha value is -2.13. The lowest BCUT2D eigenvalue weighted by molar-refractivity contribution is -0.146. The first-order valence-electron chi connectivity index (χ1n) is 7.32. The van der Waals surface area contributed by atoms with Crippen LogP contribution in [0, 0.1) is 5.41 Å². The van der Waals surface area contributed by atoms with Crippen LogP contribution >= 0.6 is 23.3 Å². The highest BCUT2D eigenvalue weighted by atomic mass is 32.2. The fraction of sp³-hybridized carbons (Fsp3) is 0.333. The Morgan fingerprint density at radius 1 is 1.38 bits per heavy atom. The molecular weight excluding hydrogens is 348 g/mol. The van der Waals surface area contributed by atoms with Crippen LogP contribution in [0.1, 0.15) is 13.3 Å². The lowest BCUT2D eigenvalue weighted by Crippen LogP contribution is -2.37. The second-order valence-electron chi connectivity index (χ2n) is 5.76. The Bertz CT molecular complexity index is 752. The molecule has 2 heterocycles. The van der Waals surface area contributed by atoms with Crippen LogP contribution in [-0.4, -0.2) is 44.5 Å². The minimum absolute atomic E-state index is 0.193. The molecule has 0 radical (unpaired) electrons. The number of amides is 2. The molecule has 0 bridgehead atoms. The number of carbonyl (C=O) groups excluding carboxylic acids is 1. The Labute approximate surface area is 147 Å². The molecule has 126 valence electrons. The van der Waals surface area contributed by atoms with Crippen LogP contribution in [0.2, 0.25) is 0 Å². The number of carbonyl (C=O) groups is 2. The van der Waals surface area contributed by atoms with Crippen molar-refractivity contribution >= 4 is 40.4 Å². The van der Waals surface area contributed by atoms with Gasteiger partial charge in [-0.3, -0.25) is 10.1 Å². The van der Waals surface area contributed by atoms with Gasteiger partial charge in [0.1, 0.15) is 0 Å². The zero-order valence-electron chi connectivity index (χ0n) is 12.9. The Morgan fingerprint density at radius 3 is 2.79 bits per heavy atom. The standard InChI is InChI=1S/C15H16N4O3S2/c1-15(11(20)21)7-8-19(9-15)14(22)17-12-16-13(18-24-12)23-10-5-3-2-4-6-10/h2-6H,7-9H2,1H3,(H,20,21)(H,16,17,18,22). The third-order valence-corrected chi connectivity index (χ3v) is 5.47. The van der Waals surface area contributed by atoms with E-state index in [4.69, 9.17) is 0 Å². The number of hydrogen-bond acceptors (Lipinski definition) is 6. The highest BCUT2D eigenvalue weighted by Crippen LogP contribution is 2.31. The van der Waals surface area contributed by atoms with E-state index in [-0.39, 0.29) is 12.6 Å². The minimum atomic E-state index is -0.882. The maximum atomic E-state index is 12.2. The van der Waals surface area contributed by atoms with Crippen LogP contribution in [0.3, 0.4) is 0 Å². The van der Waals surface area contributed by atoms with E-state index in [2.05, 4.69) is 14.7 Å². The SMILES string of the molecule is CC1(C(=O)O)CCN(C(=O)Nc2nc(Sc3ccccc3)ns2)C1. The molecule has 7 nitrogen and oxygen atoms in total. The molecule has 2 aromatic rings. The normalized spacial score (nSPS) is 20.1. The molecule has 0 saturated carbocycles. The highest BCUT2D eigenvalue weighted by Gasteiger charge is 2.42. The number of hydrogen-bond donors (Lipinski definition) is 2. The van der Waals surface area contributed by atoms with Gasteiger partial charge in [-0.05, 0) is 37.2 Å². The smallest absolute Gasteiger partial charge is 0.323 e. The summed E-state index contributed by atoms with van der Waals surface area (Å²) in [5, 5.41) is 12.9. The average Bonchev–Trinajstić information content (AvgIpc) is 3.16. The summed E-state index contributed by atoms with van der Waals surface area (Å²) in [4.78, 5) is 30.3. The van der Waals surface area contributed by atoms with Crippen molar-refractivity contribution in [2.24, 2.45) is 5.41 Å². The molecule has 1 unspecified atom stereocenters. The maximum absolute atomic E-state index is 12.2. The number of benzene rings is 1. The fourth-order valence-electron chi connectivity index (χ4n) is 2.38. The molecule has 0 spiro atoms. The largest absolute Gasteiger partial charge is 0.481 e. The van der Waals surface area contributed by atoms with Crippen LogP contribution in [0.4, 0.5) is 9.93 Å². The molecule has 1 aromatic heterocycles. The molecular formula is C15H16N4O3S2. The topological polar surface area (TPSA) is 95.4 Å².